The van der Waals surface area contributed by atoms with E-state index in [1.54, 1.807) is 11.3 Å². The maximum atomic E-state index is 13.3. The van der Waals surface area contributed by atoms with Gasteiger partial charge in [0.1, 0.15) is 0 Å². The lowest BCUT2D eigenvalue weighted by Crippen LogP contribution is -2.37. The molecule has 1 amide bonds. The van der Waals surface area contributed by atoms with Gasteiger partial charge in [-0.2, -0.15) is 0 Å². The van der Waals surface area contributed by atoms with Crippen molar-refractivity contribution in [1.29, 1.82) is 0 Å². The van der Waals surface area contributed by atoms with Crippen LogP contribution in [0.1, 0.15) is 36.2 Å². The van der Waals surface area contributed by atoms with Crippen LogP contribution >= 0.6 is 23.1 Å². The molecule has 1 atom stereocenters. The van der Waals surface area contributed by atoms with E-state index in [9.17, 15) is 4.79 Å². The maximum Gasteiger partial charge on any atom is 0.229 e. The monoisotopic (exact) mass is 442 g/mol. The zero-order valence-electron chi connectivity index (χ0n) is 17.6. The Morgan fingerprint density at radius 3 is 2.67 bits per heavy atom. The molecule has 6 nitrogen and oxygen atoms in total. The van der Waals surface area contributed by atoms with Crippen LogP contribution < -0.4 is 4.90 Å². The van der Waals surface area contributed by atoms with Crippen LogP contribution in [0.5, 0.6) is 0 Å². The quantitative estimate of drug-likeness (QED) is 0.394. The molecule has 0 unspecified atom stereocenters. The van der Waals surface area contributed by atoms with Crippen molar-refractivity contribution in [3.8, 4) is 0 Å². The van der Waals surface area contributed by atoms with E-state index in [4.69, 9.17) is 9.72 Å². The van der Waals surface area contributed by atoms with E-state index in [-0.39, 0.29) is 12.0 Å². The van der Waals surface area contributed by atoms with E-state index in [1.807, 2.05) is 49.3 Å². The lowest BCUT2D eigenvalue weighted by Gasteiger charge is -2.23. The molecule has 30 heavy (non-hydrogen) atoms. The minimum Gasteiger partial charge on any atom is -0.376 e. The summed E-state index contributed by atoms with van der Waals surface area (Å²) < 4.78 is 6.90. The number of rotatable bonds is 7. The first-order valence-corrected chi connectivity index (χ1v) is 12.2. The molecule has 1 fully saturated rings. The van der Waals surface area contributed by atoms with Gasteiger partial charge in [-0.25, -0.2) is 15.0 Å². The van der Waals surface area contributed by atoms with E-state index in [0.29, 0.717) is 19.4 Å². The molecule has 3 heterocycles. The van der Waals surface area contributed by atoms with Crippen LogP contribution in [-0.4, -0.2) is 46.4 Å². The summed E-state index contributed by atoms with van der Waals surface area (Å²) in [7, 11) is 0. The number of aryl methyl sites for hydroxylation is 2. The van der Waals surface area contributed by atoms with Gasteiger partial charge in [0, 0.05) is 24.4 Å². The molecule has 0 saturated carbocycles. The number of thiazole rings is 1. The first-order chi connectivity index (χ1) is 14.5. The molecule has 0 N–H and O–H groups in total. The number of hydrogen-bond donors (Lipinski definition) is 0. The Morgan fingerprint density at radius 2 is 2.00 bits per heavy atom. The van der Waals surface area contributed by atoms with Crippen LogP contribution in [0.25, 0.3) is 10.2 Å². The SMILES string of the molecule is CSc1nc(C)c(CCC(=O)N(C[C@@H]2CCCO2)c2nc3ccccc3s2)c(C)n1. The van der Waals surface area contributed by atoms with Gasteiger partial charge in [-0.1, -0.05) is 35.2 Å². The second-order valence-corrected chi connectivity index (χ2v) is 9.25. The van der Waals surface area contributed by atoms with E-state index < -0.39 is 0 Å². The number of anilines is 1. The predicted octanol–water partition coefficient (Wildman–Crippen LogP) is 4.57. The van der Waals surface area contributed by atoms with Crippen LogP contribution in [0, 0.1) is 13.8 Å². The molecule has 3 aromatic rings. The van der Waals surface area contributed by atoms with Gasteiger partial charge in [0.15, 0.2) is 10.3 Å². The van der Waals surface area contributed by atoms with E-state index in [2.05, 4.69) is 9.97 Å². The van der Waals surface area contributed by atoms with Crippen molar-refractivity contribution in [3.63, 3.8) is 0 Å². The van der Waals surface area contributed by atoms with Gasteiger partial charge in [0.2, 0.25) is 5.91 Å². The Morgan fingerprint density at radius 1 is 1.23 bits per heavy atom. The van der Waals surface area contributed by atoms with Crippen LogP contribution in [0.2, 0.25) is 0 Å². The molecule has 0 bridgehead atoms. The number of aromatic nitrogens is 3. The molecule has 8 heteroatoms. The third kappa shape index (κ3) is 4.66. The van der Waals surface area contributed by atoms with Gasteiger partial charge in [0.05, 0.1) is 22.9 Å². The number of hydrogen-bond acceptors (Lipinski definition) is 7. The third-order valence-electron chi connectivity index (χ3n) is 5.40. The fraction of sp³-hybridized carbons (Fsp3) is 0.455. The van der Waals surface area contributed by atoms with Crippen molar-refractivity contribution in [3.05, 3.63) is 41.2 Å². The van der Waals surface area contributed by atoms with Gasteiger partial charge >= 0.3 is 0 Å². The summed E-state index contributed by atoms with van der Waals surface area (Å²) in [5.74, 6) is 0.0669. The minimum absolute atomic E-state index is 0.0669. The molecule has 158 valence electrons. The fourth-order valence-electron chi connectivity index (χ4n) is 3.78. The number of benzene rings is 1. The minimum atomic E-state index is 0.0669. The van der Waals surface area contributed by atoms with Crippen LogP contribution in [0.3, 0.4) is 0 Å². The molecule has 0 spiro atoms. The third-order valence-corrected chi connectivity index (χ3v) is 7.00. The van der Waals surface area contributed by atoms with Crippen molar-refractivity contribution in [2.75, 3.05) is 24.3 Å². The number of carbonyl (C=O) groups excluding carboxylic acids is 1. The highest BCUT2D eigenvalue weighted by atomic mass is 32.2. The number of ether oxygens (including phenoxy) is 1. The summed E-state index contributed by atoms with van der Waals surface area (Å²) in [6.07, 6.45) is 5.09. The average Bonchev–Trinajstić information content (AvgIpc) is 3.40. The second kappa shape index (κ2) is 9.41. The summed E-state index contributed by atoms with van der Waals surface area (Å²) in [5, 5.41) is 1.52. The van der Waals surface area contributed by atoms with Crippen LogP contribution in [0.4, 0.5) is 5.13 Å². The Bertz CT molecular complexity index is 991. The van der Waals surface area contributed by atoms with E-state index in [0.717, 1.165) is 56.9 Å². The molecule has 1 aliphatic rings. The maximum absolute atomic E-state index is 13.3. The Balaban J connectivity index is 1.55. The first-order valence-electron chi connectivity index (χ1n) is 10.2. The molecular weight excluding hydrogens is 416 g/mol. The number of fused-ring (bicyclic) bond motifs is 1. The Hall–Kier alpha value is -2.03. The molecule has 0 aliphatic carbocycles. The zero-order chi connectivity index (χ0) is 21.1. The molecule has 1 aromatic carbocycles. The normalized spacial score (nSPS) is 16.3. The first kappa shape index (κ1) is 21.2. The number of amides is 1. The number of para-hydroxylation sites is 1. The molecular formula is C22H26N4O2S2. The molecule has 1 saturated heterocycles. The van der Waals surface area contributed by atoms with Crippen molar-refractivity contribution >= 4 is 44.4 Å². The summed E-state index contributed by atoms with van der Waals surface area (Å²) in [4.78, 5) is 29.0. The van der Waals surface area contributed by atoms with Crippen molar-refractivity contribution < 1.29 is 9.53 Å². The summed E-state index contributed by atoms with van der Waals surface area (Å²) in [6.45, 7) is 5.31. The average molecular weight is 443 g/mol. The van der Waals surface area contributed by atoms with Crippen LogP contribution in [-0.2, 0) is 16.0 Å². The Labute approximate surface area is 185 Å². The van der Waals surface area contributed by atoms with E-state index >= 15 is 0 Å². The number of carbonyl (C=O) groups is 1. The highest BCUT2D eigenvalue weighted by Crippen LogP contribution is 2.30. The van der Waals surface area contributed by atoms with Gasteiger partial charge in [-0.05, 0) is 57.1 Å². The van der Waals surface area contributed by atoms with Gasteiger partial charge in [-0.3, -0.25) is 9.69 Å². The fourth-order valence-corrected chi connectivity index (χ4v) is 5.23. The lowest BCUT2D eigenvalue weighted by molar-refractivity contribution is -0.119. The number of nitrogens with zero attached hydrogens (tertiary/aromatic N) is 4. The summed E-state index contributed by atoms with van der Waals surface area (Å²) in [5.41, 5.74) is 3.88. The highest BCUT2D eigenvalue weighted by Gasteiger charge is 2.26. The van der Waals surface area contributed by atoms with Crippen molar-refractivity contribution in [2.45, 2.75) is 50.8 Å². The lowest BCUT2D eigenvalue weighted by atomic mass is 10.1. The smallest absolute Gasteiger partial charge is 0.229 e. The van der Waals surface area contributed by atoms with Crippen molar-refractivity contribution in [1.82, 2.24) is 15.0 Å². The van der Waals surface area contributed by atoms with Gasteiger partial charge in [-0.15, -0.1) is 0 Å². The van der Waals surface area contributed by atoms with Gasteiger partial charge < -0.3 is 4.74 Å². The largest absolute Gasteiger partial charge is 0.376 e. The summed E-state index contributed by atoms with van der Waals surface area (Å²) >= 11 is 3.09. The molecule has 4 rings (SSSR count). The Kier molecular flexibility index (Phi) is 6.65. The standard InChI is InChI=1S/C22H26N4O2S2/c1-14-17(15(2)24-21(23-14)29-3)10-11-20(27)26(13-16-7-6-12-28-16)22-25-18-8-4-5-9-19(18)30-22/h4-5,8-9,16H,6-7,10-13H2,1-3H3/t16-/m0/s1. The van der Waals surface area contributed by atoms with Crippen molar-refractivity contribution in [2.24, 2.45) is 0 Å². The highest BCUT2D eigenvalue weighted by molar-refractivity contribution is 7.98. The van der Waals surface area contributed by atoms with E-state index in [1.165, 1.54) is 11.8 Å². The predicted molar refractivity (Wildman–Crippen MR) is 123 cm³/mol. The van der Waals surface area contributed by atoms with Gasteiger partial charge in [0.25, 0.3) is 0 Å². The number of thioether (sulfide) groups is 1. The molecule has 0 radical (unpaired) electrons. The van der Waals surface area contributed by atoms with Crippen LogP contribution in [0.15, 0.2) is 29.4 Å². The molecule has 2 aromatic heterocycles. The zero-order valence-corrected chi connectivity index (χ0v) is 19.2. The summed E-state index contributed by atoms with van der Waals surface area (Å²) in [6, 6.07) is 8.01. The molecule has 1 aliphatic heterocycles. The topological polar surface area (TPSA) is 68.2 Å². The second-order valence-electron chi connectivity index (χ2n) is 7.46.